The lowest BCUT2D eigenvalue weighted by molar-refractivity contribution is -0.118. The second-order valence-corrected chi connectivity index (χ2v) is 5.27. The Morgan fingerprint density at radius 1 is 1.33 bits per heavy atom. The van der Waals surface area contributed by atoms with Crippen molar-refractivity contribution in [1.29, 1.82) is 0 Å². The van der Waals surface area contributed by atoms with E-state index in [1.165, 1.54) is 32.1 Å². The van der Waals surface area contributed by atoms with Gasteiger partial charge in [0.15, 0.2) is 0 Å². The Kier molecular flexibility index (Phi) is 5.30. The van der Waals surface area contributed by atoms with E-state index >= 15 is 0 Å². The van der Waals surface area contributed by atoms with Crippen molar-refractivity contribution in [2.24, 2.45) is 17.6 Å². The molecule has 0 spiro atoms. The van der Waals surface area contributed by atoms with Gasteiger partial charge in [-0.05, 0) is 31.6 Å². The summed E-state index contributed by atoms with van der Waals surface area (Å²) >= 11 is 0. The van der Waals surface area contributed by atoms with Gasteiger partial charge in [0.05, 0.1) is 6.04 Å². The van der Waals surface area contributed by atoms with E-state index in [0.717, 1.165) is 24.7 Å². The molecule has 1 aliphatic carbocycles. The molecule has 88 valence electrons. The predicted molar refractivity (Wildman–Crippen MR) is 63.6 cm³/mol. The Balaban J connectivity index is 2.01. The summed E-state index contributed by atoms with van der Waals surface area (Å²) in [6.07, 6.45) is 8.99. The predicted octanol–water partition coefficient (Wildman–Crippen LogP) is 2.90. The van der Waals surface area contributed by atoms with Gasteiger partial charge in [-0.3, -0.25) is 4.79 Å². The molecule has 2 atom stereocenters. The zero-order valence-corrected chi connectivity index (χ0v) is 10.2. The number of Topliss-reactive ketones (excluding diaryl/α,β-unsaturated/α-hetero) is 1. The maximum Gasteiger partial charge on any atom is 0.146 e. The SMILES string of the molecule is CC(=O)[C@@H](N)CC[C@@H](C)CCC1CCC1. The third-order valence-electron chi connectivity index (χ3n) is 3.79. The van der Waals surface area contributed by atoms with Gasteiger partial charge in [0, 0.05) is 0 Å². The molecule has 2 heteroatoms. The fourth-order valence-electron chi connectivity index (χ4n) is 2.11. The maximum absolute atomic E-state index is 11.0. The summed E-state index contributed by atoms with van der Waals surface area (Å²) in [6, 6.07) is -0.226. The van der Waals surface area contributed by atoms with Gasteiger partial charge in [0.2, 0.25) is 0 Å². The number of hydrogen-bond acceptors (Lipinski definition) is 2. The molecule has 0 radical (unpaired) electrons. The Morgan fingerprint density at radius 2 is 2.00 bits per heavy atom. The highest BCUT2D eigenvalue weighted by atomic mass is 16.1. The molecule has 0 saturated heterocycles. The molecule has 0 aliphatic heterocycles. The van der Waals surface area contributed by atoms with E-state index in [-0.39, 0.29) is 11.8 Å². The molecule has 0 unspecified atom stereocenters. The zero-order chi connectivity index (χ0) is 11.3. The Bertz CT molecular complexity index is 199. The molecular weight excluding hydrogens is 186 g/mol. The van der Waals surface area contributed by atoms with Crippen LogP contribution in [0.1, 0.15) is 58.8 Å². The van der Waals surface area contributed by atoms with Crippen LogP contribution in [0.15, 0.2) is 0 Å². The Morgan fingerprint density at radius 3 is 2.47 bits per heavy atom. The van der Waals surface area contributed by atoms with Crippen LogP contribution in [0.3, 0.4) is 0 Å². The fraction of sp³-hybridized carbons (Fsp3) is 0.923. The van der Waals surface area contributed by atoms with E-state index < -0.39 is 0 Å². The topological polar surface area (TPSA) is 43.1 Å². The van der Waals surface area contributed by atoms with Crippen LogP contribution in [0.5, 0.6) is 0 Å². The molecule has 0 amide bonds. The highest BCUT2D eigenvalue weighted by Crippen LogP contribution is 2.32. The maximum atomic E-state index is 11.0. The van der Waals surface area contributed by atoms with Crippen LogP contribution in [0, 0.1) is 11.8 Å². The van der Waals surface area contributed by atoms with E-state index in [9.17, 15) is 4.79 Å². The first-order chi connectivity index (χ1) is 7.09. The molecule has 1 saturated carbocycles. The molecule has 2 nitrogen and oxygen atoms in total. The normalized spacial score (nSPS) is 20.7. The first-order valence-corrected chi connectivity index (χ1v) is 6.35. The molecule has 1 aliphatic rings. The largest absolute Gasteiger partial charge is 0.322 e. The minimum Gasteiger partial charge on any atom is -0.322 e. The second kappa shape index (κ2) is 6.26. The quantitative estimate of drug-likeness (QED) is 0.703. The van der Waals surface area contributed by atoms with Crippen LogP contribution in [0.4, 0.5) is 0 Å². The van der Waals surface area contributed by atoms with E-state index in [4.69, 9.17) is 5.73 Å². The highest BCUT2D eigenvalue weighted by molar-refractivity contribution is 5.80. The Labute approximate surface area is 93.6 Å². The smallest absolute Gasteiger partial charge is 0.146 e. The second-order valence-electron chi connectivity index (χ2n) is 5.27. The van der Waals surface area contributed by atoms with Crippen molar-refractivity contribution in [3.8, 4) is 0 Å². The van der Waals surface area contributed by atoms with E-state index in [1.807, 2.05) is 0 Å². The van der Waals surface area contributed by atoms with Gasteiger partial charge in [-0.2, -0.15) is 0 Å². The van der Waals surface area contributed by atoms with Crippen molar-refractivity contribution >= 4 is 5.78 Å². The third-order valence-corrected chi connectivity index (χ3v) is 3.79. The van der Waals surface area contributed by atoms with Crippen molar-refractivity contribution in [2.75, 3.05) is 0 Å². The van der Waals surface area contributed by atoms with Crippen molar-refractivity contribution in [3.63, 3.8) is 0 Å². The van der Waals surface area contributed by atoms with Crippen LogP contribution in [0.25, 0.3) is 0 Å². The summed E-state index contributed by atoms with van der Waals surface area (Å²) in [4.78, 5) is 11.0. The minimum atomic E-state index is -0.226. The standard InChI is InChI=1S/C13H25NO/c1-10(6-8-12-4-3-5-12)7-9-13(14)11(2)15/h10,12-13H,3-9,14H2,1-2H3/t10-,13-/m0/s1. The van der Waals surface area contributed by atoms with Crippen LogP contribution in [-0.2, 0) is 4.79 Å². The van der Waals surface area contributed by atoms with Crippen molar-refractivity contribution in [1.82, 2.24) is 0 Å². The summed E-state index contributed by atoms with van der Waals surface area (Å²) in [5.74, 6) is 1.87. The van der Waals surface area contributed by atoms with Crippen molar-refractivity contribution in [3.05, 3.63) is 0 Å². The third kappa shape index (κ3) is 4.78. The molecule has 15 heavy (non-hydrogen) atoms. The minimum absolute atomic E-state index is 0.126. The molecule has 0 bridgehead atoms. The van der Waals surface area contributed by atoms with Gasteiger partial charge in [0.1, 0.15) is 5.78 Å². The van der Waals surface area contributed by atoms with E-state index in [1.54, 1.807) is 6.92 Å². The van der Waals surface area contributed by atoms with E-state index in [2.05, 4.69) is 6.92 Å². The van der Waals surface area contributed by atoms with Crippen LogP contribution in [-0.4, -0.2) is 11.8 Å². The summed E-state index contributed by atoms with van der Waals surface area (Å²) in [7, 11) is 0. The first-order valence-electron chi connectivity index (χ1n) is 6.35. The van der Waals surface area contributed by atoms with Crippen LogP contribution >= 0.6 is 0 Å². The van der Waals surface area contributed by atoms with Gasteiger partial charge >= 0.3 is 0 Å². The number of carbonyl (C=O) groups excluding carboxylic acids is 1. The van der Waals surface area contributed by atoms with Gasteiger partial charge < -0.3 is 5.73 Å². The number of ketones is 1. The van der Waals surface area contributed by atoms with Gasteiger partial charge in [-0.1, -0.05) is 39.0 Å². The van der Waals surface area contributed by atoms with Gasteiger partial charge in [-0.25, -0.2) is 0 Å². The van der Waals surface area contributed by atoms with Crippen molar-refractivity contribution in [2.45, 2.75) is 64.8 Å². The lowest BCUT2D eigenvalue weighted by Crippen LogP contribution is -2.28. The number of hydrogen-bond donors (Lipinski definition) is 1. The summed E-state index contributed by atoms with van der Waals surface area (Å²) < 4.78 is 0. The lowest BCUT2D eigenvalue weighted by atomic mass is 9.80. The fourth-order valence-corrected chi connectivity index (χ4v) is 2.11. The molecule has 0 aromatic carbocycles. The molecule has 1 rings (SSSR count). The number of nitrogens with two attached hydrogens (primary N) is 1. The molecule has 1 fully saturated rings. The average molecular weight is 211 g/mol. The monoisotopic (exact) mass is 211 g/mol. The summed E-state index contributed by atoms with van der Waals surface area (Å²) in [5.41, 5.74) is 5.71. The molecule has 2 N–H and O–H groups in total. The first kappa shape index (κ1) is 12.7. The molecule has 0 aromatic heterocycles. The summed E-state index contributed by atoms with van der Waals surface area (Å²) in [6.45, 7) is 3.87. The molecular formula is C13H25NO. The summed E-state index contributed by atoms with van der Waals surface area (Å²) in [5, 5.41) is 0. The zero-order valence-electron chi connectivity index (χ0n) is 10.2. The molecule has 0 heterocycles. The molecule has 0 aromatic rings. The highest BCUT2D eigenvalue weighted by Gasteiger charge is 2.18. The van der Waals surface area contributed by atoms with Gasteiger partial charge in [0.25, 0.3) is 0 Å². The number of rotatable bonds is 7. The van der Waals surface area contributed by atoms with Crippen LogP contribution < -0.4 is 5.73 Å². The number of carbonyl (C=O) groups is 1. The van der Waals surface area contributed by atoms with Crippen molar-refractivity contribution < 1.29 is 4.79 Å². The van der Waals surface area contributed by atoms with Crippen LogP contribution in [0.2, 0.25) is 0 Å². The van der Waals surface area contributed by atoms with E-state index in [0.29, 0.717) is 0 Å². The lowest BCUT2D eigenvalue weighted by Gasteiger charge is -2.26. The Hall–Kier alpha value is -0.370. The average Bonchev–Trinajstić information content (AvgIpc) is 2.11. The van der Waals surface area contributed by atoms with Gasteiger partial charge in [-0.15, -0.1) is 0 Å².